The fourth-order valence-corrected chi connectivity index (χ4v) is 3.70. The smallest absolute Gasteiger partial charge is 0.225 e. The van der Waals surface area contributed by atoms with E-state index in [9.17, 15) is 4.79 Å². The zero-order chi connectivity index (χ0) is 14.7. The van der Waals surface area contributed by atoms with Crippen LogP contribution >= 0.6 is 12.4 Å². The van der Waals surface area contributed by atoms with E-state index in [1.807, 2.05) is 24.1 Å². The van der Waals surface area contributed by atoms with E-state index >= 15 is 0 Å². The molecule has 0 bridgehead atoms. The summed E-state index contributed by atoms with van der Waals surface area (Å²) >= 11 is 0. The van der Waals surface area contributed by atoms with Crippen molar-refractivity contribution in [2.24, 2.45) is 18.9 Å². The van der Waals surface area contributed by atoms with Crippen LogP contribution in [0.15, 0.2) is 12.4 Å². The number of hydrogen-bond donors (Lipinski definition) is 2. The maximum atomic E-state index is 12.5. The number of rotatable bonds is 4. The number of hydrogen-bond acceptors (Lipinski definition) is 3. The number of nitrogens with one attached hydrogen (secondary N) is 2. The summed E-state index contributed by atoms with van der Waals surface area (Å²) in [5, 5.41) is 10.8. The van der Waals surface area contributed by atoms with Crippen molar-refractivity contribution in [3.8, 4) is 0 Å². The van der Waals surface area contributed by atoms with Gasteiger partial charge in [0.2, 0.25) is 5.91 Å². The molecule has 0 radical (unpaired) electrons. The normalized spacial score (nSPS) is 25.7. The lowest BCUT2D eigenvalue weighted by Gasteiger charge is -2.23. The van der Waals surface area contributed by atoms with Crippen LogP contribution in [0.4, 0.5) is 0 Å². The highest BCUT2D eigenvalue weighted by molar-refractivity contribution is 5.85. The minimum absolute atomic E-state index is 0. The van der Waals surface area contributed by atoms with E-state index in [1.165, 1.54) is 37.7 Å². The van der Waals surface area contributed by atoms with Gasteiger partial charge in [-0.3, -0.25) is 9.48 Å². The minimum Gasteiger partial charge on any atom is -0.356 e. The molecule has 1 saturated carbocycles. The summed E-state index contributed by atoms with van der Waals surface area (Å²) in [5.41, 5.74) is 1.17. The van der Waals surface area contributed by atoms with Gasteiger partial charge in [0, 0.05) is 38.8 Å². The molecule has 0 spiro atoms. The molecule has 3 rings (SSSR count). The third-order valence-corrected chi connectivity index (χ3v) is 4.99. The van der Waals surface area contributed by atoms with Crippen molar-refractivity contribution in [1.82, 2.24) is 20.4 Å². The van der Waals surface area contributed by atoms with Crippen molar-refractivity contribution in [3.63, 3.8) is 0 Å². The first-order chi connectivity index (χ1) is 10.2. The quantitative estimate of drug-likeness (QED) is 0.887. The number of aromatic nitrogens is 2. The molecule has 0 aromatic carbocycles. The van der Waals surface area contributed by atoms with Gasteiger partial charge in [-0.2, -0.15) is 5.10 Å². The van der Waals surface area contributed by atoms with Crippen LogP contribution in [-0.2, 0) is 11.8 Å². The fraction of sp³-hybridized carbons (Fsp3) is 0.750. The van der Waals surface area contributed by atoms with Gasteiger partial charge in [0.05, 0.1) is 12.1 Å². The molecule has 124 valence electrons. The predicted molar refractivity (Wildman–Crippen MR) is 89.1 cm³/mol. The van der Waals surface area contributed by atoms with E-state index in [0.29, 0.717) is 5.92 Å². The van der Waals surface area contributed by atoms with Crippen LogP contribution in [0.25, 0.3) is 0 Å². The molecule has 6 heteroatoms. The zero-order valence-corrected chi connectivity index (χ0v) is 14.1. The molecule has 22 heavy (non-hydrogen) atoms. The molecule has 2 atom stereocenters. The minimum atomic E-state index is 0. The molecule has 1 saturated heterocycles. The van der Waals surface area contributed by atoms with E-state index in [-0.39, 0.29) is 30.2 Å². The van der Waals surface area contributed by atoms with Gasteiger partial charge in [0.25, 0.3) is 0 Å². The molecule has 1 aliphatic carbocycles. The van der Waals surface area contributed by atoms with E-state index < -0.39 is 0 Å². The van der Waals surface area contributed by atoms with Crippen LogP contribution < -0.4 is 10.6 Å². The lowest BCUT2D eigenvalue weighted by Crippen LogP contribution is -2.37. The first-order valence-electron chi connectivity index (χ1n) is 8.21. The Labute approximate surface area is 138 Å². The van der Waals surface area contributed by atoms with Crippen LogP contribution in [0.3, 0.4) is 0 Å². The molecule has 5 nitrogen and oxygen atoms in total. The molecular formula is C16H27ClN4O. The summed E-state index contributed by atoms with van der Waals surface area (Å²) < 4.78 is 1.81. The van der Waals surface area contributed by atoms with Crippen molar-refractivity contribution in [2.45, 2.75) is 38.0 Å². The summed E-state index contributed by atoms with van der Waals surface area (Å²) in [6.45, 7) is 2.50. The van der Waals surface area contributed by atoms with Gasteiger partial charge >= 0.3 is 0 Å². The molecule has 2 aliphatic rings. The Hall–Kier alpha value is -1.07. The molecule has 1 aliphatic heterocycles. The number of aryl methyl sites for hydroxylation is 1. The molecule has 1 amide bonds. The topological polar surface area (TPSA) is 59.0 Å². The van der Waals surface area contributed by atoms with Crippen LogP contribution in [-0.4, -0.2) is 35.3 Å². The first-order valence-corrected chi connectivity index (χ1v) is 8.21. The van der Waals surface area contributed by atoms with Gasteiger partial charge in [-0.1, -0.05) is 19.3 Å². The Morgan fingerprint density at radius 1 is 1.36 bits per heavy atom. The van der Waals surface area contributed by atoms with Crippen molar-refractivity contribution in [2.75, 3.05) is 19.6 Å². The Morgan fingerprint density at radius 2 is 2.14 bits per heavy atom. The summed E-state index contributed by atoms with van der Waals surface area (Å²) in [7, 11) is 1.92. The highest BCUT2D eigenvalue weighted by atomic mass is 35.5. The van der Waals surface area contributed by atoms with Crippen molar-refractivity contribution in [1.29, 1.82) is 0 Å². The molecular weight excluding hydrogens is 300 g/mol. The summed E-state index contributed by atoms with van der Waals surface area (Å²) in [4.78, 5) is 12.5. The second-order valence-electron chi connectivity index (χ2n) is 6.57. The SMILES string of the molecule is Cl.Cn1cc([C@H]2CNC[C@@H]2C(=O)NCC2CCCCC2)cn1. The molecule has 0 unspecified atom stereocenters. The second-order valence-corrected chi connectivity index (χ2v) is 6.57. The van der Waals surface area contributed by atoms with E-state index in [1.54, 1.807) is 0 Å². The maximum Gasteiger partial charge on any atom is 0.225 e. The molecule has 2 N–H and O–H groups in total. The third-order valence-electron chi connectivity index (χ3n) is 4.99. The fourth-order valence-electron chi connectivity index (χ4n) is 3.70. The van der Waals surface area contributed by atoms with Crippen molar-refractivity contribution < 1.29 is 4.79 Å². The molecule has 1 aromatic heterocycles. The Kier molecular flexibility index (Phi) is 6.26. The van der Waals surface area contributed by atoms with Gasteiger partial charge in [-0.05, 0) is 24.3 Å². The Bertz CT molecular complexity index is 484. The number of carbonyl (C=O) groups excluding carboxylic acids is 1. The van der Waals surface area contributed by atoms with Crippen molar-refractivity contribution in [3.05, 3.63) is 18.0 Å². The predicted octanol–water partition coefficient (Wildman–Crippen LogP) is 1.84. The Morgan fingerprint density at radius 3 is 2.82 bits per heavy atom. The molecule has 2 fully saturated rings. The van der Waals surface area contributed by atoms with E-state index in [4.69, 9.17) is 0 Å². The number of nitrogens with zero attached hydrogens (tertiary/aromatic N) is 2. The van der Waals surface area contributed by atoms with Crippen LogP contribution in [0.5, 0.6) is 0 Å². The number of carbonyl (C=O) groups is 1. The highest BCUT2D eigenvalue weighted by Crippen LogP contribution is 2.28. The second kappa shape index (κ2) is 7.97. The van der Waals surface area contributed by atoms with E-state index in [2.05, 4.69) is 15.7 Å². The monoisotopic (exact) mass is 326 g/mol. The van der Waals surface area contributed by atoms with Gasteiger partial charge in [-0.25, -0.2) is 0 Å². The molecule has 1 aromatic rings. The summed E-state index contributed by atoms with van der Waals surface area (Å²) in [6.07, 6.45) is 10.5. The van der Waals surface area contributed by atoms with E-state index in [0.717, 1.165) is 19.6 Å². The average Bonchev–Trinajstić information content (AvgIpc) is 3.14. The first kappa shape index (κ1) is 17.3. The lowest BCUT2D eigenvalue weighted by molar-refractivity contribution is -0.125. The highest BCUT2D eigenvalue weighted by Gasteiger charge is 2.34. The maximum absolute atomic E-state index is 12.5. The van der Waals surface area contributed by atoms with Gasteiger partial charge in [0.15, 0.2) is 0 Å². The Balaban J connectivity index is 0.00000176. The van der Waals surface area contributed by atoms with Crippen molar-refractivity contribution >= 4 is 18.3 Å². The lowest BCUT2D eigenvalue weighted by atomic mass is 9.88. The standard InChI is InChI=1S/C16H26N4O.ClH/c1-20-11-13(8-19-20)14-9-17-10-15(14)16(21)18-7-12-5-3-2-4-6-12;/h8,11-12,14-15,17H,2-7,9-10H2,1H3,(H,18,21);1H/t14-,15+;/m1./s1. The number of halogens is 1. The van der Waals surface area contributed by atoms with Gasteiger partial charge in [-0.15, -0.1) is 12.4 Å². The van der Waals surface area contributed by atoms with Crippen LogP contribution in [0, 0.1) is 11.8 Å². The largest absolute Gasteiger partial charge is 0.356 e. The summed E-state index contributed by atoms with van der Waals surface area (Å²) in [5.74, 6) is 1.19. The third kappa shape index (κ3) is 4.02. The summed E-state index contributed by atoms with van der Waals surface area (Å²) in [6, 6.07) is 0. The van der Waals surface area contributed by atoms with Crippen LogP contribution in [0.1, 0.15) is 43.6 Å². The molecule has 2 heterocycles. The average molecular weight is 327 g/mol. The van der Waals surface area contributed by atoms with Crippen LogP contribution in [0.2, 0.25) is 0 Å². The number of amides is 1. The van der Waals surface area contributed by atoms with Gasteiger partial charge in [0.1, 0.15) is 0 Å². The zero-order valence-electron chi connectivity index (χ0n) is 13.3. The van der Waals surface area contributed by atoms with Gasteiger partial charge < -0.3 is 10.6 Å².